The van der Waals surface area contributed by atoms with Gasteiger partial charge >= 0.3 is 0 Å². The van der Waals surface area contributed by atoms with Crippen molar-refractivity contribution in [1.29, 1.82) is 0 Å². The summed E-state index contributed by atoms with van der Waals surface area (Å²) >= 11 is 16.9. The largest absolute Gasteiger partial charge is 0.334 e. The zero-order chi connectivity index (χ0) is 16.8. The Bertz CT molecular complexity index is 648. The minimum absolute atomic E-state index is 0.0756. The van der Waals surface area contributed by atoms with Crippen molar-refractivity contribution in [3.63, 3.8) is 0 Å². The van der Waals surface area contributed by atoms with E-state index < -0.39 is 8.38 Å². The fourth-order valence-corrected chi connectivity index (χ4v) is 4.69. The Morgan fingerprint density at radius 3 is 2.22 bits per heavy atom. The van der Waals surface area contributed by atoms with Gasteiger partial charge < -0.3 is 9.05 Å². The van der Waals surface area contributed by atoms with Crippen LogP contribution in [0.25, 0.3) is 0 Å². The van der Waals surface area contributed by atoms with Gasteiger partial charge in [0.05, 0.1) is 28.9 Å². The highest BCUT2D eigenvalue weighted by molar-refractivity contribution is 7.80. The number of hydrogen-bond acceptors (Lipinski definition) is 3. The second kappa shape index (κ2) is 9.27. The van der Waals surface area contributed by atoms with Gasteiger partial charge in [-0.05, 0) is 43.2 Å². The molecule has 0 bridgehead atoms. The van der Waals surface area contributed by atoms with Crippen LogP contribution in [-0.2, 0) is 9.05 Å². The second-order valence-electron chi connectivity index (χ2n) is 4.76. The third-order valence-electron chi connectivity index (χ3n) is 3.21. The smallest absolute Gasteiger partial charge is 0.183 e. The lowest BCUT2D eigenvalue weighted by atomic mass is 10.0. The van der Waals surface area contributed by atoms with Crippen LogP contribution < -0.4 is 0 Å². The van der Waals surface area contributed by atoms with E-state index in [-0.39, 0.29) is 5.66 Å². The van der Waals surface area contributed by atoms with E-state index in [1.807, 2.05) is 50.2 Å². The van der Waals surface area contributed by atoms with Crippen molar-refractivity contribution >= 4 is 44.2 Å². The molecule has 0 spiro atoms. The maximum atomic E-state index is 6.22. The summed E-state index contributed by atoms with van der Waals surface area (Å²) < 4.78 is 11.8. The van der Waals surface area contributed by atoms with Gasteiger partial charge in [-0.1, -0.05) is 47.5 Å². The van der Waals surface area contributed by atoms with Gasteiger partial charge in [-0.25, -0.2) is 0 Å². The fraction of sp³-hybridized carbons (Fsp3) is 0.294. The Morgan fingerprint density at radius 2 is 1.65 bits per heavy atom. The molecule has 2 aromatic carbocycles. The van der Waals surface area contributed by atoms with Gasteiger partial charge in [-0.2, -0.15) is 0 Å². The van der Waals surface area contributed by atoms with Gasteiger partial charge in [-0.15, -0.1) is 12.6 Å². The molecule has 0 heterocycles. The third-order valence-corrected chi connectivity index (χ3v) is 6.38. The molecule has 1 atom stereocenters. The summed E-state index contributed by atoms with van der Waals surface area (Å²) in [7, 11) is -1.17. The van der Waals surface area contributed by atoms with Crippen LogP contribution >= 0.6 is 44.2 Å². The highest BCUT2D eigenvalue weighted by Crippen LogP contribution is 2.57. The molecule has 2 aromatic rings. The van der Waals surface area contributed by atoms with Gasteiger partial charge in [0.15, 0.2) is 8.38 Å². The zero-order valence-electron chi connectivity index (χ0n) is 13.0. The van der Waals surface area contributed by atoms with E-state index in [9.17, 15) is 0 Å². The molecule has 0 radical (unpaired) electrons. The maximum Gasteiger partial charge on any atom is 0.183 e. The summed E-state index contributed by atoms with van der Waals surface area (Å²) in [5, 5.41) is 1.05. The lowest BCUT2D eigenvalue weighted by molar-refractivity contribution is 0.265. The van der Waals surface area contributed by atoms with Crippen LogP contribution in [0.3, 0.4) is 0 Å². The van der Waals surface area contributed by atoms with E-state index in [1.54, 1.807) is 6.07 Å². The van der Waals surface area contributed by atoms with Crippen LogP contribution in [0.5, 0.6) is 0 Å². The molecule has 2 rings (SSSR count). The topological polar surface area (TPSA) is 18.5 Å². The summed E-state index contributed by atoms with van der Waals surface area (Å²) in [6.07, 6.45) is 0. The van der Waals surface area contributed by atoms with Gasteiger partial charge in [0, 0.05) is 4.90 Å². The average Bonchev–Trinajstić information content (AvgIpc) is 2.53. The lowest BCUT2D eigenvalue weighted by Crippen LogP contribution is -2.06. The van der Waals surface area contributed by atoms with Crippen molar-refractivity contribution in [2.45, 2.75) is 24.4 Å². The maximum absolute atomic E-state index is 6.22. The van der Waals surface area contributed by atoms with Crippen molar-refractivity contribution < 1.29 is 9.05 Å². The van der Waals surface area contributed by atoms with Crippen LogP contribution in [0.4, 0.5) is 0 Å². The van der Waals surface area contributed by atoms with E-state index in [1.165, 1.54) is 0 Å². The van der Waals surface area contributed by atoms with Crippen molar-refractivity contribution in [1.82, 2.24) is 0 Å². The summed E-state index contributed by atoms with van der Waals surface area (Å²) in [5.74, 6) is 0. The number of hydrogen-bond donors (Lipinski definition) is 1. The average molecular weight is 389 g/mol. The Labute approximate surface area is 154 Å². The van der Waals surface area contributed by atoms with Gasteiger partial charge in [0.1, 0.15) is 0 Å². The molecule has 124 valence electrons. The molecule has 6 heteroatoms. The summed E-state index contributed by atoms with van der Waals surface area (Å²) in [6, 6.07) is 13.6. The Hall–Kier alpha value is -0.280. The monoisotopic (exact) mass is 388 g/mol. The van der Waals surface area contributed by atoms with Gasteiger partial charge in [0.25, 0.3) is 0 Å². The predicted octanol–water partition coefficient (Wildman–Crippen LogP) is 6.76. The number of halogens is 2. The number of rotatable bonds is 7. The molecule has 1 unspecified atom stereocenters. The fourth-order valence-electron chi connectivity index (χ4n) is 2.26. The molecule has 0 saturated heterocycles. The summed E-state index contributed by atoms with van der Waals surface area (Å²) in [4.78, 5) is 0.899. The Balaban J connectivity index is 2.53. The van der Waals surface area contributed by atoms with E-state index in [0.29, 0.717) is 23.3 Å². The summed E-state index contributed by atoms with van der Waals surface area (Å²) in [6.45, 7) is 5.09. The molecular formula is C17H19Cl2O2PS. The summed E-state index contributed by atoms with van der Waals surface area (Å²) in [5.41, 5.74) is 1.99. The van der Waals surface area contributed by atoms with Crippen molar-refractivity contribution in [2.75, 3.05) is 13.2 Å². The van der Waals surface area contributed by atoms with E-state index >= 15 is 0 Å². The van der Waals surface area contributed by atoms with Gasteiger partial charge in [-0.3, -0.25) is 0 Å². The predicted molar refractivity (Wildman–Crippen MR) is 102 cm³/mol. The molecule has 0 aromatic heterocycles. The van der Waals surface area contributed by atoms with E-state index in [2.05, 4.69) is 12.6 Å². The first kappa shape index (κ1) is 19.1. The van der Waals surface area contributed by atoms with Crippen LogP contribution in [0.1, 0.15) is 30.6 Å². The molecule has 23 heavy (non-hydrogen) atoms. The quantitative estimate of drug-likeness (QED) is 0.417. The molecule has 0 aliphatic rings. The van der Waals surface area contributed by atoms with Gasteiger partial charge in [0.2, 0.25) is 0 Å². The minimum Gasteiger partial charge on any atom is -0.334 e. The normalized spacial score (nSPS) is 12.6. The first-order chi connectivity index (χ1) is 11.1. The SMILES string of the molecule is CCOP(OCC)C(c1ccc(Cl)c(Cl)c1)c1ccccc1S. The molecule has 0 amide bonds. The molecule has 0 aliphatic carbocycles. The van der Waals surface area contributed by atoms with Crippen LogP contribution in [0.2, 0.25) is 10.0 Å². The Morgan fingerprint density at radius 1 is 1.00 bits per heavy atom. The van der Waals surface area contributed by atoms with E-state index in [4.69, 9.17) is 32.2 Å². The highest BCUT2D eigenvalue weighted by atomic mass is 35.5. The number of benzene rings is 2. The van der Waals surface area contributed by atoms with Crippen molar-refractivity contribution in [2.24, 2.45) is 0 Å². The van der Waals surface area contributed by atoms with E-state index in [0.717, 1.165) is 16.0 Å². The zero-order valence-corrected chi connectivity index (χ0v) is 16.3. The number of thiol groups is 1. The van der Waals surface area contributed by atoms with Crippen LogP contribution in [0, 0.1) is 0 Å². The highest BCUT2D eigenvalue weighted by Gasteiger charge is 2.29. The Kier molecular flexibility index (Phi) is 7.68. The molecule has 0 aliphatic heterocycles. The minimum atomic E-state index is -1.17. The molecule has 0 N–H and O–H groups in total. The first-order valence-corrected chi connectivity index (χ1v) is 9.81. The first-order valence-electron chi connectivity index (χ1n) is 7.36. The standard InChI is InChI=1S/C17H19Cl2O2PS/c1-3-20-22(21-4-2)17(13-7-5-6-8-16(13)23)12-9-10-14(18)15(19)11-12/h5-11,17,23H,3-4H2,1-2H3. The van der Waals surface area contributed by atoms with Crippen molar-refractivity contribution in [3.05, 3.63) is 63.6 Å². The van der Waals surface area contributed by atoms with Crippen LogP contribution in [0.15, 0.2) is 47.4 Å². The third kappa shape index (κ3) is 4.85. The molecule has 0 fully saturated rings. The molecule has 2 nitrogen and oxygen atoms in total. The molecule has 0 saturated carbocycles. The van der Waals surface area contributed by atoms with Crippen LogP contribution in [-0.4, -0.2) is 13.2 Å². The second-order valence-corrected chi connectivity index (χ2v) is 7.66. The van der Waals surface area contributed by atoms with Crippen molar-refractivity contribution in [3.8, 4) is 0 Å². The molecular weight excluding hydrogens is 370 g/mol. The lowest BCUT2D eigenvalue weighted by Gasteiger charge is -2.27.